The SMILES string of the molecule is Cc1cc(=O)oc2cc(OC(=O)c3c(F)cccc3Cl)ccc12. The molecule has 6 heteroatoms. The van der Waals surface area contributed by atoms with Crippen LogP contribution in [-0.2, 0) is 0 Å². The molecule has 0 aliphatic rings. The van der Waals surface area contributed by atoms with Crippen LogP contribution in [0.2, 0.25) is 5.02 Å². The summed E-state index contributed by atoms with van der Waals surface area (Å²) in [6.45, 7) is 1.77. The Morgan fingerprint density at radius 1 is 1.22 bits per heavy atom. The van der Waals surface area contributed by atoms with E-state index in [2.05, 4.69) is 0 Å². The fraction of sp³-hybridized carbons (Fsp3) is 0.0588. The van der Waals surface area contributed by atoms with Crippen LogP contribution in [0.4, 0.5) is 4.39 Å². The number of carbonyl (C=O) groups excluding carboxylic acids is 1. The molecule has 116 valence electrons. The van der Waals surface area contributed by atoms with E-state index in [1.165, 1.54) is 30.3 Å². The lowest BCUT2D eigenvalue weighted by Gasteiger charge is -2.08. The quantitative estimate of drug-likeness (QED) is 0.402. The molecule has 1 aromatic heterocycles. The average molecular weight is 333 g/mol. The summed E-state index contributed by atoms with van der Waals surface area (Å²) in [6.07, 6.45) is 0. The van der Waals surface area contributed by atoms with Gasteiger partial charge in [-0.15, -0.1) is 0 Å². The van der Waals surface area contributed by atoms with E-state index in [0.717, 1.165) is 11.6 Å². The zero-order valence-electron chi connectivity index (χ0n) is 11.9. The Morgan fingerprint density at radius 2 is 2.00 bits per heavy atom. The Balaban J connectivity index is 1.98. The van der Waals surface area contributed by atoms with Crippen molar-refractivity contribution < 1.29 is 18.3 Å². The first-order valence-electron chi connectivity index (χ1n) is 6.66. The standard InChI is InChI=1S/C17H10ClFO4/c1-9-7-15(20)23-14-8-10(5-6-11(9)14)22-17(21)16-12(18)3-2-4-13(16)19/h2-8H,1H3. The summed E-state index contributed by atoms with van der Waals surface area (Å²) < 4.78 is 23.9. The predicted molar refractivity (Wildman–Crippen MR) is 83.6 cm³/mol. The highest BCUT2D eigenvalue weighted by molar-refractivity contribution is 6.33. The summed E-state index contributed by atoms with van der Waals surface area (Å²) in [5.41, 5.74) is 0.168. The van der Waals surface area contributed by atoms with Gasteiger partial charge in [0.05, 0.1) is 5.02 Å². The molecule has 0 saturated heterocycles. The first kappa shape index (κ1) is 15.2. The Kier molecular flexibility index (Phi) is 3.88. The topological polar surface area (TPSA) is 56.5 Å². The fourth-order valence-corrected chi connectivity index (χ4v) is 2.46. The van der Waals surface area contributed by atoms with Crippen molar-refractivity contribution in [3.05, 3.63) is 74.9 Å². The van der Waals surface area contributed by atoms with E-state index in [0.29, 0.717) is 5.39 Å². The van der Waals surface area contributed by atoms with Crippen LogP contribution in [0.1, 0.15) is 15.9 Å². The van der Waals surface area contributed by atoms with Crippen LogP contribution in [0.5, 0.6) is 5.75 Å². The Bertz CT molecular complexity index is 958. The number of hydrogen-bond acceptors (Lipinski definition) is 4. The van der Waals surface area contributed by atoms with Crippen molar-refractivity contribution >= 4 is 28.5 Å². The van der Waals surface area contributed by atoms with E-state index >= 15 is 0 Å². The molecule has 0 radical (unpaired) electrons. The molecular formula is C17H10ClFO4. The van der Waals surface area contributed by atoms with Crippen LogP contribution in [-0.4, -0.2) is 5.97 Å². The third-order valence-electron chi connectivity index (χ3n) is 3.30. The van der Waals surface area contributed by atoms with E-state index in [-0.39, 0.29) is 21.9 Å². The van der Waals surface area contributed by atoms with E-state index in [1.807, 2.05) is 0 Å². The van der Waals surface area contributed by atoms with Crippen LogP contribution in [0.3, 0.4) is 0 Å². The van der Waals surface area contributed by atoms with Crippen molar-refractivity contribution in [3.63, 3.8) is 0 Å². The molecule has 0 spiro atoms. The van der Waals surface area contributed by atoms with Crippen LogP contribution in [0.25, 0.3) is 11.0 Å². The van der Waals surface area contributed by atoms with Gasteiger partial charge in [0, 0.05) is 17.5 Å². The fourth-order valence-electron chi connectivity index (χ4n) is 2.22. The molecule has 4 nitrogen and oxygen atoms in total. The van der Waals surface area contributed by atoms with Crippen molar-refractivity contribution in [2.24, 2.45) is 0 Å². The van der Waals surface area contributed by atoms with Gasteiger partial charge < -0.3 is 9.15 Å². The molecular weight excluding hydrogens is 323 g/mol. The molecule has 1 heterocycles. The van der Waals surface area contributed by atoms with E-state index in [9.17, 15) is 14.0 Å². The molecule has 3 rings (SSSR count). The molecule has 2 aromatic carbocycles. The lowest BCUT2D eigenvalue weighted by molar-refractivity contribution is 0.0730. The van der Waals surface area contributed by atoms with E-state index in [4.69, 9.17) is 20.8 Å². The van der Waals surface area contributed by atoms with Gasteiger partial charge in [-0.05, 0) is 36.8 Å². The largest absolute Gasteiger partial charge is 0.423 e. The number of aryl methyl sites for hydroxylation is 1. The van der Waals surface area contributed by atoms with Gasteiger partial charge >= 0.3 is 11.6 Å². The first-order valence-corrected chi connectivity index (χ1v) is 7.04. The number of esters is 1. The number of benzene rings is 2. The molecule has 0 N–H and O–H groups in total. The van der Waals surface area contributed by atoms with Crippen LogP contribution in [0, 0.1) is 12.7 Å². The van der Waals surface area contributed by atoms with Gasteiger partial charge in [0.1, 0.15) is 22.7 Å². The average Bonchev–Trinajstić information content (AvgIpc) is 2.46. The minimum absolute atomic E-state index is 0.0434. The zero-order valence-corrected chi connectivity index (χ0v) is 12.7. The van der Waals surface area contributed by atoms with Crippen LogP contribution < -0.4 is 10.4 Å². The number of hydrogen-bond donors (Lipinski definition) is 0. The van der Waals surface area contributed by atoms with Gasteiger partial charge in [0.2, 0.25) is 0 Å². The van der Waals surface area contributed by atoms with Crippen molar-refractivity contribution in [2.45, 2.75) is 6.92 Å². The molecule has 23 heavy (non-hydrogen) atoms. The second-order valence-electron chi connectivity index (χ2n) is 4.89. The Labute approximate surface area is 135 Å². The molecule has 3 aromatic rings. The number of ether oxygens (including phenoxy) is 1. The summed E-state index contributed by atoms with van der Waals surface area (Å²) in [7, 11) is 0. The second-order valence-corrected chi connectivity index (χ2v) is 5.30. The lowest BCUT2D eigenvalue weighted by Crippen LogP contribution is -2.11. The highest BCUT2D eigenvalue weighted by atomic mass is 35.5. The Hall–Kier alpha value is -2.66. The first-order chi connectivity index (χ1) is 11.0. The van der Waals surface area contributed by atoms with Gasteiger partial charge in [-0.1, -0.05) is 17.7 Å². The normalized spacial score (nSPS) is 10.7. The predicted octanol–water partition coefficient (Wildman–Crippen LogP) is 4.11. The minimum Gasteiger partial charge on any atom is -0.423 e. The van der Waals surface area contributed by atoms with Crippen molar-refractivity contribution in [1.82, 2.24) is 0 Å². The Morgan fingerprint density at radius 3 is 2.74 bits per heavy atom. The maximum Gasteiger partial charge on any atom is 0.348 e. The third-order valence-corrected chi connectivity index (χ3v) is 3.62. The van der Waals surface area contributed by atoms with Crippen LogP contribution >= 0.6 is 11.6 Å². The van der Waals surface area contributed by atoms with Crippen molar-refractivity contribution in [1.29, 1.82) is 0 Å². The summed E-state index contributed by atoms with van der Waals surface area (Å²) in [6, 6.07) is 9.85. The molecule has 0 unspecified atom stereocenters. The molecule has 0 amide bonds. The molecule has 0 atom stereocenters. The molecule has 0 aliphatic heterocycles. The zero-order chi connectivity index (χ0) is 16.6. The highest BCUT2D eigenvalue weighted by Crippen LogP contribution is 2.25. The van der Waals surface area contributed by atoms with E-state index in [1.54, 1.807) is 13.0 Å². The smallest absolute Gasteiger partial charge is 0.348 e. The maximum atomic E-state index is 13.7. The van der Waals surface area contributed by atoms with Gasteiger partial charge in [0.25, 0.3) is 0 Å². The number of halogens is 2. The summed E-state index contributed by atoms with van der Waals surface area (Å²) >= 11 is 5.83. The van der Waals surface area contributed by atoms with Gasteiger partial charge in [-0.25, -0.2) is 14.0 Å². The van der Waals surface area contributed by atoms with E-state index < -0.39 is 17.4 Å². The monoisotopic (exact) mass is 332 g/mol. The minimum atomic E-state index is -0.928. The second kappa shape index (κ2) is 5.85. The van der Waals surface area contributed by atoms with Crippen molar-refractivity contribution in [2.75, 3.05) is 0 Å². The summed E-state index contributed by atoms with van der Waals surface area (Å²) in [4.78, 5) is 23.5. The highest BCUT2D eigenvalue weighted by Gasteiger charge is 2.18. The molecule has 0 fully saturated rings. The van der Waals surface area contributed by atoms with Crippen LogP contribution in [0.15, 0.2) is 51.7 Å². The van der Waals surface area contributed by atoms with Gasteiger partial charge in [-0.2, -0.15) is 0 Å². The summed E-state index contributed by atoms with van der Waals surface area (Å²) in [5, 5.41) is 0.673. The maximum absolute atomic E-state index is 13.7. The number of carbonyl (C=O) groups is 1. The van der Waals surface area contributed by atoms with Crippen molar-refractivity contribution in [3.8, 4) is 5.75 Å². The lowest BCUT2D eigenvalue weighted by atomic mass is 10.1. The van der Waals surface area contributed by atoms with Gasteiger partial charge in [0.15, 0.2) is 0 Å². The summed E-state index contributed by atoms with van der Waals surface area (Å²) in [5.74, 6) is -1.58. The number of fused-ring (bicyclic) bond motifs is 1. The molecule has 0 aliphatic carbocycles. The molecule has 0 saturated carbocycles. The number of rotatable bonds is 2. The van der Waals surface area contributed by atoms with Gasteiger partial charge in [-0.3, -0.25) is 0 Å². The molecule has 0 bridgehead atoms. The third kappa shape index (κ3) is 2.96.